The SMILES string of the molecule is COc1ccc(Nc2nccc(Nc3ccc(C)c(C)c3)n2)cc1Cl. The van der Waals surface area contributed by atoms with Crippen LogP contribution in [0.3, 0.4) is 0 Å². The highest BCUT2D eigenvalue weighted by Crippen LogP contribution is 2.28. The Morgan fingerprint density at radius 1 is 0.920 bits per heavy atom. The number of hydrogen-bond acceptors (Lipinski definition) is 5. The van der Waals surface area contributed by atoms with Gasteiger partial charge in [-0.3, -0.25) is 0 Å². The standard InChI is InChI=1S/C19H19ClN4O/c1-12-4-5-14(10-13(12)2)22-18-8-9-21-19(24-18)23-15-6-7-17(25-3)16(20)11-15/h4-11H,1-3H3,(H2,21,22,23,24). The van der Waals surface area contributed by atoms with Crippen LogP contribution in [0.2, 0.25) is 5.02 Å². The van der Waals surface area contributed by atoms with Crippen LogP contribution in [0.1, 0.15) is 11.1 Å². The maximum Gasteiger partial charge on any atom is 0.229 e. The average Bonchev–Trinajstić information content (AvgIpc) is 2.59. The van der Waals surface area contributed by atoms with Crippen molar-refractivity contribution in [2.75, 3.05) is 17.7 Å². The van der Waals surface area contributed by atoms with Gasteiger partial charge in [0, 0.05) is 17.6 Å². The molecule has 2 aromatic carbocycles. The van der Waals surface area contributed by atoms with Crippen molar-refractivity contribution in [3.05, 3.63) is 64.8 Å². The normalized spacial score (nSPS) is 10.4. The lowest BCUT2D eigenvalue weighted by Gasteiger charge is -2.10. The molecule has 3 aromatic rings. The number of aryl methyl sites for hydroxylation is 2. The zero-order chi connectivity index (χ0) is 17.8. The minimum Gasteiger partial charge on any atom is -0.495 e. The molecule has 5 nitrogen and oxygen atoms in total. The van der Waals surface area contributed by atoms with Gasteiger partial charge in [0.1, 0.15) is 11.6 Å². The number of rotatable bonds is 5. The van der Waals surface area contributed by atoms with E-state index in [-0.39, 0.29) is 0 Å². The van der Waals surface area contributed by atoms with Crippen LogP contribution in [-0.4, -0.2) is 17.1 Å². The van der Waals surface area contributed by atoms with Gasteiger partial charge in [-0.2, -0.15) is 4.98 Å². The van der Waals surface area contributed by atoms with Crippen molar-refractivity contribution in [2.24, 2.45) is 0 Å². The summed E-state index contributed by atoms with van der Waals surface area (Å²) in [6.07, 6.45) is 1.70. The number of hydrogen-bond donors (Lipinski definition) is 2. The third-order valence-electron chi connectivity index (χ3n) is 3.84. The molecule has 0 aliphatic rings. The molecule has 0 aliphatic heterocycles. The largest absolute Gasteiger partial charge is 0.495 e. The quantitative estimate of drug-likeness (QED) is 0.656. The first kappa shape index (κ1) is 17.0. The van der Waals surface area contributed by atoms with Gasteiger partial charge in [-0.05, 0) is 61.4 Å². The van der Waals surface area contributed by atoms with E-state index in [9.17, 15) is 0 Å². The predicted molar refractivity (Wildman–Crippen MR) is 103 cm³/mol. The zero-order valence-electron chi connectivity index (χ0n) is 14.3. The van der Waals surface area contributed by atoms with Crippen LogP contribution in [0.5, 0.6) is 5.75 Å². The molecule has 0 atom stereocenters. The molecule has 2 N–H and O–H groups in total. The fraction of sp³-hybridized carbons (Fsp3) is 0.158. The molecular formula is C19H19ClN4O. The highest BCUT2D eigenvalue weighted by Gasteiger charge is 2.05. The van der Waals surface area contributed by atoms with Crippen molar-refractivity contribution in [3.8, 4) is 5.75 Å². The lowest BCUT2D eigenvalue weighted by Crippen LogP contribution is -2.00. The molecule has 25 heavy (non-hydrogen) atoms. The summed E-state index contributed by atoms with van der Waals surface area (Å²) in [5.41, 5.74) is 4.26. The molecule has 0 radical (unpaired) electrons. The molecule has 0 saturated carbocycles. The molecule has 1 heterocycles. The first-order valence-corrected chi connectivity index (χ1v) is 8.21. The van der Waals surface area contributed by atoms with Gasteiger partial charge in [0.2, 0.25) is 5.95 Å². The number of halogens is 1. The summed E-state index contributed by atoms with van der Waals surface area (Å²) >= 11 is 6.14. The highest BCUT2D eigenvalue weighted by molar-refractivity contribution is 6.32. The van der Waals surface area contributed by atoms with Gasteiger partial charge in [-0.1, -0.05) is 17.7 Å². The summed E-state index contributed by atoms with van der Waals surface area (Å²) in [6.45, 7) is 4.17. The summed E-state index contributed by atoms with van der Waals surface area (Å²) in [7, 11) is 1.58. The Morgan fingerprint density at radius 2 is 1.68 bits per heavy atom. The number of nitrogens with one attached hydrogen (secondary N) is 2. The molecule has 1 aromatic heterocycles. The van der Waals surface area contributed by atoms with Crippen LogP contribution in [-0.2, 0) is 0 Å². The van der Waals surface area contributed by atoms with Gasteiger partial charge in [0.05, 0.1) is 12.1 Å². The summed E-state index contributed by atoms with van der Waals surface area (Å²) in [5.74, 6) is 1.81. The number of methoxy groups -OCH3 is 1. The predicted octanol–water partition coefficient (Wildman–Crippen LogP) is 5.24. The Kier molecular flexibility index (Phi) is 5.05. The minimum atomic E-state index is 0.482. The number of anilines is 4. The lowest BCUT2D eigenvalue weighted by atomic mass is 10.1. The zero-order valence-corrected chi connectivity index (χ0v) is 15.1. The second kappa shape index (κ2) is 7.40. The maximum absolute atomic E-state index is 6.14. The Morgan fingerprint density at radius 3 is 2.40 bits per heavy atom. The van der Waals surface area contributed by atoms with Crippen LogP contribution in [0, 0.1) is 13.8 Å². The molecule has 0 saturated heterocycles. The topological polar surface area (TPSA) is 59.1 Å². The molecule has 0 unspecified atom stereocenters. The van der Waals surface area contributed by atoms with E-state index in [4.69, 9.17) is 16.3 Å². The smallest absolute Gasteiger partial charge is 0.229 e. The van der Waals surface area contributed by atoms with Crippen molar-refractivity contribution in [3.63, 3.8) is 0 Å². The van der Waals surface area contributed by atoms with Crippen molar-refractivity contribution in [2.45, 2.75) is 13.8 Å². The van der Waals surface area contributed by atoms with E-state index in [0.29, 0.717) is 22.5 Å². The van der Waals surface area contributed by atoms with Crippen molar-refractivity contribution in [1.29, 1.82) is 0 Å². The van der Waals surface area contributed by atoms with E-state index in [2.05, 4.69) is 46.6 Å². The fourth-order valence-electron chi connectivity index (χ4n) is 2.33. The molecule has 0 spiro atoms. The number of aromatic nitrogens is 2. The van der Waals surface area contributed by atoms with Crippen molar-refractivity contribution >= 4 is 34.7 Å². The molecule has 3 rings (SSSR count). The summed E-state index contributed by atoms with van der Waals surface area (Å²) in [6, 6.07) is 13.4. The first-order valence-electron chi connectivity index (χ1n) is 7.83. The Bertz CT molecular complexity index is 898. The van der Waals surface area contributed by atoms with Crippen molar-refractivity contribution < 1.29 is 4.74 Å². The molecule has 128 valence electrons. The third kappa shape index (κ3) is 4.19. The summed E-state index contributed by atoms with van der Waals surface area (Å²) in [4.78, 5) is 8.72. The highest BCUT2D eigenvalue weighted by atomic mass is 35.5. The van der Waals surface area contributed by atoms with Gasteiger partial charge in [-0.25, -0.2) is 4.98 Å². The van der Waals surface area contributed by atoms with E-state index in [0.717, 1.165) is 11.4 Å². The first-order chi connectivity index (χ1) is 12.0. The van der Waals surface area contributed by atoms with E-state index < -0.39 is 0 Å². The molecule has 6 heteroatoms. The molecule has 0 amide bonds. The minimum absolute atomic E-state index is 0.482. The maximum atomic E-state index is 6.14. The number of ether oxygens (including phenoxy) is 1. The van der Waals surface area contributed by atoms with Gasteiger partial charge in [0.15, 0.2) is 0 Å². The van der Waals surface area contributed by atoms with Crippen LogP contribution in [0.4, 0.5) is 23.1 Å². The van der Waals surface area contributed by atoms with Gasteiger partial charge in [-0.15, -0.1) is 0 Å². The second-order valence-corrected chi connectivity index (χ2v) is 6.07. The van der Waals surface area contributed by atoms with Gasteiger partial charge < -0.3 is 15.4 Å². The van der Waals surface area contributed by atoms with Gasteiger partial charge >= 0.3 is 0 Å². The van der Waals surface area contributed by atoms with Gasteiger partial charge in [0.25, 0.3) is 0 Å². The molecule has 0 fully saturated rings. The molecular weight excluding hydrogens is 336 g/mol. The number of nitrogens with zero attached hydrogens (tertiary/aromatic N) is 2. The van der Waals surface area contributed by atoms with E-state index in [1.165, 1.54) is 11.1 Å². The van der Waals surface area contributed by atoms with Crippen LogP contribution in [0.15, 0.2) is 48.7 Å². The summed E-state index contributed by atoms with van der Waals surface area (Å²) in [5, 5.41) is 6.96. The average molecular weight is 355 g/mol. The van der Waals surface area contributed by atoms with Crippen LogP contribution >= 0.6 is 11.6 Å². The van der Waals surface area contributed by atoms with Crippen LogP contribution in [0.25, 0.3) is 0 Å². The number of benzene rings is 2. The molecule has 0 aliphatic carbocycles. The Labute approximate surface area is 152 Å². The van der Waals surface area contributed by atoms with E-state index in [1.54, 1.807) is 25.4 Å². The van der Waals surface area contributed by atoms with E-state index >= 15 is 0 Å². The fourth-order valence-corrected chi connectivity index (χ4v) is 2.59. The third-order valence-corrected chi connectivity index (χ3v) is 4.14. The monoisotopic (exact) mass is 354 g/mol. The van der Waals surface area contributed by atoms with E-state index in [1.807, 2.05) is 18.2 Å². The molecule has 0 bridgehead atoms. The Hall–Kier alpha value is -2.79. The van der Waals surface area contributed by atoms with Crippen LogP contribution < -0.4 is 15.4 Å². The lowest BCUT2D eigenvalue weighted by molar-refractivity contribution is 0.415. The second-order valence-electron chi connectivity index (χ2n) is 5.66. The Balaban J connectivity index is 1.77. The van der Waals surface area contributed by atoms with Crippen molar-refractivity contribution in [1.82, 2.24) is 9.97 Å². The summed E-state index contributed by atoms with van der Waals surface area (Å²) < 4.78 is 5.15.